The molecule has 1 unspecified atom stereocenters. The first-order chi connectivity index (χ1) is 13.7. The molecule has 146 valence electrons. The lowest BCUT2D eigenvalue weighted by atomic mass is 10.00. The standard InChI is InChI=1S/C20H21N3O5/c1-25-13-8-6-12(7-9-13)17-16-18(22-21-17)20(24)23(11-15(26-2)27-3)19(16)14-5-4-10-28-14/h4-10,15,19H,11H2,1-3H3,(H,21,22). The summed E-state index contributed by atoms with van der Waals surface area (Å²) in [5.74, 6) is 1.22. The van der Waals surface area contributed by atoms with E-state index >= 15 is 0 Å². The van der Waals surface area contributed by atoms with Crippen molar-refractivity contribution >= 4 is 5.91 Å². The van der Waals surface area contributed by atoms with E-state index in [9.17, 15) is 4.79 Å². The number of nitrogens with one attached hydrogen (secondary N) is 1. The van der Waals surface area contributed by atoms with Crippen LogP contribution in [0.5, 0.6) is 5.75 Å². The van der Waals surface area contributed by atoms with Crippen LogP contribution < -0.4 is 4.74 Å². The number of H-pyrrole nitrogens is 1. The van der Waals surface area contributed by atoms with Crippen LogP contribution in [-0.2, 0) is 9.47 Å². The Morgan fingerprint density at radius 1 is 1.18 bits per heavy atom. The molecule has 1 aliphatic rings. The maximum absolute atomic E-state index is 13.1. The van der Waals surface area contributed by atoms with Gasteiger partial charge < -0.3 is 23.5 Å². The number of amides is 1. The lowest BCUT2D eigenvalue weighted by molar-refractivity contribution is -0.114. The topological polar surface area (TPSA) is 89.8 Å². The number of nitrogens with zero attached hydrogens (tertiary/aromatic N) is 2. The van der Waals surface area contributed by atoms with Crippen LogP contribution in [-0.4, -0.2) is 55.2 Å². The number of furan rings is 1. The molecule has 1 aliphatic heterocycles. The van der Waals surface area contributed by atoms with Gasteiger partial charge in [-0.15, -0.1) is 0 Å². The predicted octanol–water partition coefficient (Wildman–Crippen LogP) is 2.84. The zero-order valence-electron chi connectivity index (χ0n) is 15.8. The molecule has 1 atom stereocenters. The Labute approximate surface area is 162 Å². The van der Waals surface area contributed by atoms with E-state index < -0.39 is 12.3 Å². The van der Waals surface area contributed by atoms with Crippen LogP contribution >= 0.6 is 0 Å². The molecule has 8 nitrogen and oxygen atoms in total. The van der Waals surface area contributed by atoms with Crippen molar-refractivity contribution in [3.8, 4) is 17.0 Å². The monoisotopic (exact) mass is 383 g/mol. The maximum Gasteiger partial charge on any atom is 0.273 e. The molecule has 4 rings (SSSR count). The van der Waals surface area contributed by atoms with Gasteiger partial charge in [0.1, 0.15) is 23.2 Å². The van der Waals surface area contributed by atoms with Crippen LogP contribution in [0.3, 0.4) is 0 Å². The third-order valence-corrected chi connectivity index (χ3v) is 4.91. The van der Waals surface area contributed by atoms with E-state index in [2.05, 4.69) is 10.2 Å². The van der Waals surface area contributed by atoms with Gasteiger partial charge in [-0.3, -0.25) is 9.89 Å². The first-order valence-electron chi connectivity index (χ1n) is 8.80. The molecular weight excluding hydrogens is 362 g/mol. The van der Waals surface area contributed by atoms with Gasteiger partial charge >= 0.3 is 0 Å². The van der Waals surface area contributed by atoms with E-state index in [1.54, 1.807) is 38.6 Å². The van der Waals surface area contributed by atoms with Crippen molar-refractivity contribution in [3.05, 3.63) is 59.7 Å². The van der Waals surface area contributed by atoms with Crippen LogP contribution in [0.25, 0.3) is 11.3 Å². The highest BCUT2D eigenvalue weighted by atomic mass is 16.7. The molecule has 28 heavy (non-hydrogen) atoms. The fraction of sp³-hybridized carbons (Fsp3) is 0.300. The summed E-state index contributed by atoms with van der Waals surface area (Å²) in [6.07, 6.45) is 1.04. The van der Waals surface area contributed by atoms with Gasteiger partial charge in [-0.05, 0) is 36.4 Å². The minimum absolute atomic E-state index is 0.178. The summed E-state index contributed by atoms with van der Waals surface area (Å²) in [4.78, 5) is 14.8. The van der Waals surface area contributed by atoms with Gasteiger partial charge in [0.05, 0.1) is 25.6 Å². The summed E-state index contributed by atoms with van der Waals surface area (Å²) in [6, 6.07) is 10.8. The van der Waals surface area contributed by atoms with Gasteiger partial charge in [0, 0.05) is 25.3 Å². The predicted molar refractivity (Wildman–Crippen MR) is 100.0 cm³/mol. The number of benzene rings is 1. The molecule has 0 bridgehead atoms. The first kappa shape index (κ1) is 18.3. The van der Waals surface area contributed by atoms with Gasteiger partial charge in [-0.25, -0.2) is 0 Å². The molecule has 3 aromatic rings. The minimum atomic E-state index is -0.553. The maximum atomic E-state index is 13.1. The molecule has 0 spiro atoms. The van der Waals surface area contributed by atoms with Crippen LogP contribution in [0.15, 0.2) is 47.1 Å². The average Bonchev–Trinajstić information content (AvgIpc) is 3.45. The van der Waals surface area contributed by atoms with E-state index in [1.807, 2.05) is 30.3 Å². The molecule has 0 aliphatic carbocycles. The summed E-state index contributed by atoms with van der Waals surface area (Å²) in [7, 11) is 4.70. The fourth-order valence-corrected chi connectivity index (χ4v) is 3.50. The summed E-state index contributed by atoms with van der Waals surface area (Å²) in [5.41, 5.74) is 2.79. The summed E-state index contributed by atoms with van der Waals surface area (Å²) >= 11 is 0. The highest BCUT2D eigenvalue weighted by molar-refractivity contribution is 6.00. The number of carbonyl (C=O) groups is 1. The van der Waals surface area contributed by atoms with Gasteiger partial charge in [-0.1, -0.05) is 0 Å². The minimum Gasteiger partial charge on any atom is -0.497 e. The van der Waals surface area contributed by atoms with Crippen molar-refractivity contribution in [1.29, 1.82) is 0 Å². The Morgan fingerprint density at radius 3 is 2.54 bits per heavy atom. The van der Waals surface area contributed by atoms with Crippen LogP contribution in [0, 0.1) is 0 Å². The van der Waals surface area contributed by atoms with E-state index in [0.29, 0.717) is 17.1 Å². The summed E-state index contributed by atoms with van der Waals surface area (Å²) < 4.78 is 21.5. The Balaban J connectivity index is 1.79. The van der Waals surface area contributed by atoms with Gasteiger partial charge in [0.25, 0.3) is 5.91 Å². The Bertz CT molecular complexity index is 945. The number of hydrogen-bond donors (Lipinski definition) is 1. The van der Waals surface area contributed by atoms with E-state index in [1.165, 1.54) is 0 Å². The number of hydrogen-bond acceptors (Lipinski definition) is 6. The van der Waals surface area contributed by atoms with Crippen molar-refractivity contribution in [2.75, 3.05) is 27.9 Å². The molecule has 0 saturated carbocycles. The lowest BCUT2D eigenvalue weighted by Gasteiger charge is -2.27. The largest absolute Gasteiger partial charge is 0.497 e. The smallest absolute Gasteiger partial charge is 0.273 e. The Hall–Kier alpha value is -3.10. The molecule has 0 fully saturated rings. The number of methoxy groups -OCH3 is 3. The van der Waals surface area contributed by atoms with Gasteiger partial charge in [0.2, 0.25) is 0 Å². The van der Waals surface area contributed by atoms with Crippen LogP contribution in [0.4, 0.5) is 0 Å². The van der Waals surface area contributed by atoms with Crippen LogP contribution in [0.1, 0.15) is 27.9 Å². The summed E-state index contributed by atoms with van der Waals surface area (Å²) in [6.45, 7) is 0.252. The molecule has 8 heteroatoms. The van der Waals surface area contributed by atoms with Crippen molar-refractivity contribution in [2.45, 2.75) is 12.3 Å². The molecular formula is C20H21N3O5. The highest BCUT2D eigenvalue weighted by Crippen LogP contribution is 2.43. The van der Waals surface area contributed by atoms with Crippen molar-refractivity contribution in [2.24, 2.45) is 0 Å². The van der Waals surface area contributed by atoms with Crippen molar-refractivity contribution < 1.29 is 23.4 Å². The van der Waals surface area contributed by atoms with E-state index in [0.717, 1.165) is 16.9 Å². The SMILES string of the molecule is COc1ccc(-c2n[nH]c3c2C(c2ccco2)N(CC(OC)OC)C3=O)cc1. The lowest BCUT2D eigenvalue weighted by Crippen LogP contribution is -2.37. The Morgan fingerprint density at radius 2 is 1.93 bits per heavy atom. The van der Waals surface area contributed by atoms with Gasteiger partial charge in [-0.2, -0.15) is 5.10 Å². The second kappa shape index (κ2) is 7.49. The number of carbonyl (C=O) groups excluding carboxylic acids is 1. The number of ether oxygens (including phenoxy) is 3. The number of rotatable bonds is 7. The first-order valence-corrected chi connectivity index (χ1v) is 8.80. The molecule has 1 amide bonds. The van der Waals surface area contributed by atoms with Crippen molar-refractivity contribution in [1.82, 2.24) is 15.1 Å². The van der Waals surface area contributed by atoms with E-state index in [4.69, 9.17) is 18.6 Å². The molecule has 1 aromatic carbocycles. The molecule has 2 aromatic heterocycles. The normalized spacial score (nSPS) is 16.1. The van der Waals surface area contributed by atoms with Gasteiger partial charge in [0.15, 0.2) is 6.29 Å². The third kappa shape index (κ3) is 2.96. The molecule has 0 saturated heterocycles. The second-order valence-electron chi connectivity index (χ2n) is 6.37. The number of aromatic nitrogens is 2. The third-order valence-electron chi connectivity index (χ3n) is 4.91. The number of fused-ring (bicyclic) bond motifs is 1. The molecule has 0 radical (unpaired) electrons. The highest BCUT2D eigenvalue weighted by Gasteiger charge is 2.44. The van der Waals surface area contributed by atoms with E-state index in [-0.39, 0.29) is 12.5 Å². The zero-order chi connectivity index (χ0) is 19.7. The fourth-order valence-electron chi connectivity index (χ4n) is 3.50. The quantitative estimate of drug-likeness (QED) is 0.631. The molecule has 3 heterocycles. The van der Waals surface area contributed by atoms with Crippen LogP contribution in [0.2, 0.25) is 0 Å². The average molecular weight is 383 g/mol. The second-order valence-corrected chi connectivity index (χ2v) is 6.37. The van der Waals surface area contributed by atoms with Crippen molar-refractivity contribution in [3.63, 3.8) is 0 Å². The Kier molecular flexibility index (Phi) is 4.89. The number of aromatic amines is 1. The molecule has 1 N–H and O–H groups in total. The zero-order valence-corrected chi connectivity index (χ0v) is 15.8. The summed E-state index contributed by atoms with van der Waals surface area (Å²) in [5, 5.41) is 7.31.